The second-order valence-corrected chi connectivity index (χ2v) is 6.05. The Hall–Kier alpha value is -3.15. The minimum atomic E-state index is -0.210. The van der Waals surface area contributed by atoms with Gasteiger partial charge in [0, 0.05) is 29.9 Å². The number of H-pyrrole nitrogens is 1. The standard InChI is InChI=1S/C19H18N4O2/c24-18(17-11-16(22-23-17)13-8-9-13)21-12-14-5-4-10-20-19(14)25-15-6-2-1-3-7-15/h1-7,10-11,13H,8-9,12H2,(H,21,24)(H,22,23). The minimum absolute atomic E-state index is 0.210. The fourth-order valence-electron chi connectivity index (χ4n) is 2.57. The molecule has 2 N–H and O–H groups in total. The molecule has 0 spiro atoms. The Morgan fingerprint density at radius 2 is 2.04 bits per heavy atom. The van der Waals surface area contributed by atoms with Crippen LogP contribution in [0.2, 0.25) is 0 Å². The van der Waals surface area contributed by atoms with E-state index in [9.17, 15) is 4.79 Å². The highest BCUT2D eigenvalue weighted by atomic mass is 16.5. The van der Waals surface area contributed by atoms with Crippen LogP contribution in [0.25, 0.3) is 0 Å². The van der Waals surface area contributed by atoms with Crippen LogP contribution in [0, 0.1) is 0 Å². The molecule has 1 saturated carbocycles. The van der Waals surface area contributed by atoms with Gasteiger partial charge in [-0.05, 0) is 37.1 Å². The highest BCUT2D eigenvalue weighted by molar-refractivity contribution is 5.92. The molecule has 4 rings (SSSR count). The van der Waals surface area contributed by atoms with Gasteiger partial charge in [0.2, 0.25) is 5.88 Å². The van der Waals surface area contributed by atoms with Crippen molar-refractivity contribution in [2.45, 2.75) is 25.3 Å². The number of hydrogen-bond acceptors (Lipinski definition) is 4. The number of pyridine rings is 1. The lowest BCUT2D eigenvalue weighted by Crippen LogP contribution is -2.23. The van der Waals surface area contributed by atoms with Crippen LogP contribution in [0.15, 0.2) is 54.7 Å². The van der Waals surface area contributed by atoms with Crippen molar-refractivity contribution in [1.29, 1.82) is 0 Å². The predicted molar refractivity (Wildman–Crippen MR) is 92.5 cm³/mol. The van der Waals surface area contributed by atoms with E-state index in [1.165, 1.54) is 12.8 Å². The third-order valence-corrected chi connectivity index (χ3v) is 4.09. The van der Waals surface area contributed by atoms with Crippen molar-refractivity contribution in [3.8, 4) is 11.6 Å². The van der Waals surface area contributed by atoms with Gasteiger partial charge < -0.3 is 10.1 Å². The molecular formula is C19H18N4O2. The van der Waals surface area contributed by atoms with Crippen molar-refractivity contribution in [2.24, 2.45) is 0 Å². The van der Waals surface area contributed by atoms with Gasteiger partial charge in [0.05, 0.1) is 0 Å². The molecule has 1 aliphatic carbocycles. The summed E-state index contributed by atoms with van der Waals surface area (Å²) in [6.07, 6.45) is 4.00. The first kappa shape index (κ1) is 15.4. The quantitative estimate of drug-likeness (QED) is 0.724. The number of para-hydroxylation sites is 1. The number of nitrogens with one attached hydrogen (secondary N) is 2. The average Bonchev–Trinajstić information content (AvgIpc) is 3.38. The Labute approximate surface area is 145 Å². The second-order valence-electron chi connectivity index (χ2n) is 6.05. The molecule has 1 aliphatic rings. The van der Waals surface area contributed by atoms with Gasteiger partial charge in [0.25, 0.3) is 5.91 Å². The Bertz CT molecular complexity index is 872. The number of nitrogens with zero attached hydrogens (tertiary/aromatic N) is 2. The summed E-state index contributed by atoms with van der Waals surface area (Å²) < 4.78 is 5.81. The third kappa shape index (κ3) is 3.68. The summed E-state index contributed by atoms with van der Waals surface area (Å²) >= 11 is 0. The first-order valence-corrected chi connectivity index (χ1v) is 8.30. The summed E-state index contributed by atoms with van der Waals surface area (Å²) in [5, 5.41) is 9.91. The highest BCUT2D eigenvalue weighted by Crippen LogP contribution is 2.38. The zero-order chi connectivity index (χ0) is 17.1. The average molecular weight is 334 g/mol. The van der Waals surface area contributed by atoms with Crippen LogP contribution in [-0.4, -0.2) is 21.1 Å². The Kier molecular flexibility index (Phi) is 4.16. The summed E-state index contributed by atoms with van der Waals surface area (Å²) in [6, 6.07) is 15.0. The van der Waals surface area contributed by atoms with E-state index >= 15 is 0 Å². The van der Waals surface area contributed by atoms with Crippen molar-refractivity contribution in [3.05, 3.63) is 71.7 Å². The highest BCUT2D eigenvalue weighted by Gasteiger charge is 2.26. The molecule has 126 valence electrons. The topological polar surface area (TPSA) is 79.9 Å². The monoisotopic (exact) mass is 334 g/mol. The molecule has 1 amide bonds. The number of carbonyl (C=O) groups excluding carboxylic acids is 1. The molecule has 3 aromatic rings. The largest absolute Gasteiger partial charge is 0.439 e. The molecule has 6 heteroatoms. The van der Waals surface area contributed by atoms with Gasteiger partial charge >= 0.3 is 0 Å². The molecule has 0 unspecified atom stereocenters. The van der Waals surface area contributed by atoms with Crippen molar-refractivity contribution >= 4 is 5.91 Å². The van der Waals surface area contributed by atoms with Crippen molar-refractivity contribution in [3.63, 3.8) is 0 Å². The van der Waals surface area contributed by atoms with Crippen molar-refractivity contribution < 1.29 is 9.53 Å². The zero-order valence-electron chi connectivity index (χ0n) is 13.6. The maximum absolute atomic E-state index is 12.3. The minimum Gasteiger partial charge on any atom is -0.439 e. The van der Waals surface area contributed by atoms with E-state index < -0.39 is 0 Å². The summed E-state index contributed by atoms with van der Waals surface area (Å²) in [4.78, 5) is 16.6. The van der Waals surface area contributed by atoms with Crippen LogP contribution in [-0.2, 0) is 6.54 Å². The SMILES string of the molecule is O=C(NCc1cccnc1Oc1ccccc1)c1cc(C2CC2)[nH]n1. The molecule has 25 heavy (non-hydrogen) atoms. The Morgan fingerprint density at radius 1 is 1.20 bits per heavy atom. The first-order valence-electron chi connectivity index (χ1n) is 8.30. The van der Waals surface area contributed by atoms with E-state index in [1.54, 1.807) is 6.20 Å². The van der Waals surface area contributed by atoms with Gasteiger partial charge in [-0.1, -0.05) is 24.3 Å². The Morgan fingerprint density at radius 3 is 2.84 bits per heavy atom. The van der Waals surface area contributed by atoms with Crippen molar-refractivity contribution in [2.75, 3.05) is 0 Å². The fourth-order valence-corrected chi connectivity index (χ4v) is 2.57. The van der Waals surface area contributed by atoms with Crippen LogP contribution in [0.1, 0.15) is 40.5 Å². The van der Waals surface area contributed by atoms with E-state index in [-0.39, 0.29) is 5.91 Å². The maximum atomic E-state index is 12.3. The lowest BCUT2D eigenvalue weighted by molar-refractivity contribution is 0.0945. The molecule has 2 heterocycles. The van der Waals surface area contributed by atoms with Gasteiger partial charge in [-0.15, -0.1) is 0 Å². The number of rotatable bonds is 6. The summed E-state index contributed by atoms with van der Waals surface area (Å²) in [6.45, 7) is 0.320. The van der Waals surface area contributed by atoms with Crippen LogP contribution >= 0.6 is 0 Å². The smallest absolute Gasteiger partial charge is 0.272 e. The molecule has 1 aromatic carbocycles. The van der Waals surface area contributed by atoms with Crippen LogP contribution in [0.4, 0.5) is 0 Å². The van der Waals surface area contributed by atoms with E-state index in [0.29, 0.717) is 29.8 Å². The van der Waals surface area contributed by atoms with Gasteiger partial charge in [-0.2, -0.15) is 5.10 Å². The first-order chi connectivity index (χ1) is 12.3. The van der Waals surface area contributed by atoms with Gasteiger partial charge in [0.1, 0.15) is 11.4 Å². The molecule has 0 atom stereocenters. The number of benzene rings is 1. The molecule has 1 fully saturated rings. The van der Waals surface area contributed by atoms with Crippen LogP contribution < -0.4 is 10.1 Å². The lowest BCUT2D eigenvalue weighted by atomic mass is 10.2. The number of aromatic nitrogens is 3. The fraction of sp³-hybridized carbons (Fsp3) is 0.211. The molecule has 6 nitrogen and oxygen atoms in total. The van der Waals surface area contributed by atoms with E-state index in [0.717, 1.165) is 11.3 Å². The number of ether oxygens (including phenoxy) is 1. The molecular weight excluding hydrogens is 316 g/mol. The number of hydrogen-bond donors (Lipinski definition) is 2. The van der Waals surface area contributed by atoms with Crippen molar-refractivity contribution in [1.82, 2.24) is 20.5 Å². The van der Waals surface area contributed by atoms with Gasteiger partial charge in [0.15, 0.2) is 0 Å². The summed E-state index contributed by atoms with van der Waals surface area (Å²) in [5.41, 5.74) is 2.26. The number of carbonyl (C=O) groups is 1. The predicted octanol–water partition coefficient (Wildman–Crippen LogP) is 3.40. The normalized spacial score (nSPS) is 13.4. The van der Waals surface area contributed by atoms with E-state index in [1.807, 2.05) is 48.5 Å². The molecule has 0 radical (unpaired) electrons. The van der Waals surface area contributed by atoms with Gasteiger partial charge in [-0.25, -0.2) is 4.98 Å². The second kappa shape index (κ2) is 6.76. The molecule has 0 aliphatic heterocycles. The van der Waals surface area contributed by atoms with Crippen LogP contribution in [0.3, 0.4) is 0 Å². The number of amides is 1. The zero-order valence-corrected chi connectivity index (χ0v) is 13.6. The molecule has 0 saturated heterocycles. The molecule has 0 bridgehead atoms. The lowest BCUT2D eigenvalue weighted by Gasteiger charge is -2.10. The molecule has 2 aromatic heterocycles. The number of aromatic amines is 1. The van der Waals surface area contributed by atoms with E-state index in [2.05, 4.69) is 20.5 Å². The summed E-state index contributed by atoms with van der Waals surface area (Å²) in [7, 11) is 0. The van der Waals surface area contributed by atoms with Gasteiger partial charge in [-0.3, -0.25) is 9.89 Å². The van der Waals surface area contributed by atoms with E-state index in [4.69, 9.17) is 4.74 Å². The maximum Gasteiger partial charge on any atom is 0.272 e. The Balaban J connectivity index is 1.42. The summed E-state index contributed by atoms with van der Waals surface area (Å²) in [5.74, 6) is 1.51. The van der Waals surface area contributed by atoms with Crippen LogP contribution in [0.5, 0.6) is 11.6 Å². The third-order valence-electron chi connectivity index (χ3n) is 4.09.